The molecule has 8 nitrogen and oxygen atoms in total. The van der Waals surface area contributed by atoms with Crippen LogP contribution in [-0.4, -0.2) is 41.7 Å². The predicted octanol–water partition coefficient (Wildman–Crippen LogP) is 1.32. The SMILES string of the molecule is Cc1nc(Cn2c(SCC(=O)O)nnc2C(C)C)no1. The van der Waals surface area contributed by atoms with E-state index in [4.69, 9.17) is 9.63 Å². The van der Waals surface area contributed by atoms with Crippen molar-refractivity contribution in [2.45, 2.75) is 38.4 Å². The average molecular weight is 297 g/mol. The number of carboxylic acid groups (broad SMARTS) is 1. The molecule has 0 bridgehead atoms. The number of rotatable bonds is 6. The Kier molecular flexibility index (Phi) is 4.38. The Balaban J connectivity index is 2.26. The van der Waals surface area contributed by atoms with Crippen LogP contribution < -0.4 is 0 Å². The zero-order chi connectivity index (χ0) is 14.7. The van der Waals surface area contributed by atoms with Crippen LogP contribution in [0, 0.1) is 6.92 Å². The monoisotopic (exact) mass is 297 g/mol. The van der Waals surface area contributed by atoms with Crippen LogP contribution in [0.2, 0.25) is 0 Å². The molecule has 9 heteroatoms. The van der Waals surface area contributed by atoms with Crippen molar-refractivity contribution in [3.05, 3.63) is 17.5 Å². The highest BCUT2D eigenvalue weighted by Crippen LogP contribution is 2.22. The Morgan fingerprint density at radius 3 is 2.75 bits per heavy atom. The molecular weight excluding hydrogens is 282 g/mol. The molecular formula is C11H15N5O3S. The molecule has 108 valence electrons. The number of carbonyl (C=O) groups is 1. The zero-order valence-electron chi connectivity index (χ0n) is 11.4. The van der Waals surface area contributed by atoms with E-state index in [-0.39, 0.29) is 11.7 Å². The van der Waals surface area contributed by atoms with E-state index in [0.29, 0.717) is 23.4 Å². The topological polar surface area (TPSA) is 107 Å². The molecule has 0 amide bonds. The lowest BCUT2D eigenvalue weighted by Crippen LogP contribution is -2.10. The van der Waals surface area contributed by atoms with E-state index in [1.807, 2.05) is 18.4 Å². The van der Waals surface area contributed by atoms with Gasteiger partial charge in [-0.05, 0) is 0 Å². The predicted molar refractivity (Wildman–Crippen MR) is 70.6 cm³/mol. The van der Waals surface area contributed by atoms with Crippen molar-refractivity contribution < 1.29 is 14.4 Å². The lowest BCUT2D eigenvalue weighted by atomic mass is 10.2. The largest absolute Gasteiger partial charge is 0.481 e. The molecule has 0 unspecified atom stereocenters. The molecule has 0 saturated carbocycles. The second-order valence-electron chi connectivity index (χ2n) is 4.49. The van der Waals surface area contributed by atoms with Crippen molar-refractivity contribution in [2.75, 3.05) is 5.75 Å². The molecule has 0 atom stereocenters. The van der Waals surface area contributed by atoms with Gasteiger partial charge in [0.05, 0.1) is 12.3 Å². The third-order valence-electron chi connectivity index (χ3n) is 2.46. The second kappa shape index (κ2) is 6.04. The lowest BCUT2D eigenvalue weighted by Gasteiger charge is -2.09. The fourth-order valence-electron chi connectivity index (χ4n) is 1.66. The highest BCUT2D eigenvalue weighted by molar-refractivity contribution is 7.99. The van der Waals surface area contributed by atoms with Crippen LogP contribution >= 0.6 is 11.8 Å². The number of hydrogen-bond donors (Lipinski definition) is 1. The van der Waals surface area contributed by atoms with Gasteiger partial charge in [0, 0.05) is 12.8 Å². The van der Waals surface area contributed by atoms with E-state index in [1.54, 1.807) is 6.92 Å². The first kappa shape index (κ1) is 14.5. The molecule has 0 spiro atoms. The van der Waals surface area contributed by atoms with Crippen LogP contribution in [0.25, 0.3) is 0 Å². The molecule has 20 heavy (non-hydrogen) atoms. The summed E-state index contributed by atoms with van der Waals surface area (Å²) in [7, 11) is 0. The van der Waals surface area contributed by atoms with Crippen LogP contribution in [0.4, 0.5) is 0 Å². The first-order valence-corrected chi connectivity index (χ1v) is 7.02. The van der Waals surface area contributed by atoms with Gasteiger partial charge < -0.3 is 9.63 Å². The minimum Gasteiger partial charge on any atom is -0.481 e. The molecule has 0 aliphatic carbocycles. The second-order valence-corrected chi connectivity index (χ2v) is 5.44. The van der Waals surface area contributed by atoms with E-state index in [1.165, 1.54) is 0 Å². The molecule has 0 radical (unpaired) electrons. The number of carboxylic acids is 1. The van der Waals surface area contributed by atoms with Gasteiger partial charge in [0.1, 0.15) is 5.82 Å². The standard InChI is InChI=1S/C11H15N5O3S/c1-6(2)10-13-14-11(20-5-9(17)18)16(10)4-8-12-7(3)19-15-8/h6H,4-5H2,1-3H3,(H,17,18). The average Bonchev–Trinajstić information content (AvgIpc) is 2.94. The maximum Gasteiger partial charge on any atom is 0.313 e. The Hall–Kier alpha value is -1.90. The van der Waals surface area contributed by atoms with E-state index in [0.717, 1.165) is 17.6 Å². The minimum atomic E-state index is -0.897. The Morgan fingerprint density at radius 2 is 2.20 bits per heavy atom. The maximum absolute atomic E-state index is 10.7. The fraction of sp³-hybridized carbons (Fsp3) is 0.545. The van der Waals surface area contributed by atoms with Crippen LogP contribution in [0.1, 0.15) is 37.3 Å². The van der Waals surface area contributed by atoms with Crippen molar-refractivity contribution in [3.8, 4) is 0 Å². The van der Waals surface area contributed by atoms with Crippen LogP contribution in [0.3, 0.4) is 0 Å². The van der Waals surface area contributed by atoms with Gasteiger partial charge in [0.15, 0.2) is 11.0 Å². The fourth-order valence-corrected chi connectivity index (χ4v) is 2.32. The van der Waals surface area contributed by atoms with Crippen LogP contribution in [0.15, 0.2) is 9.68 Å². The van der Waals surface area contributed by atoms with Crippen LogP contribution in [-0.2, 0) is 11.3 Å². The first-order chi connectivity index (χ1) is 9.47. The van der Waals surface area contributed by atoms with Gasteiger partial charge >= 0.3 is 5.97 Å². The molecule has 2 aromatic heterocycles. The highest BCUT2D eigenvalue weighted by atomic mass is 32.2. The first-order valence-electron chi connectivity index (χ1n) is 6.04. The van der Waals surface area contributed by atoms with Crippen molar-refractivity contribution in [3.63, 3.8) is 0 Å². The molecule has 1 N–H and O–H groups in total. The van der Waals surface area contributed by atoms with Crippen LogP contribution in [0.5, 0.6) is 0 Å². The number of thioether (sulfide) groups is 1. The molecule has 0 aliphatic heterocycles. The molecule has 2 heterocycles. The summed E-state index contributed by atoms with van der Waals surface area (Å²) in [5.74, 6) is 0.961. The Labute approximate surface area is 119 Å². The molecule has 2 rings (SSSR count). The van der Waals surface area contributed by atoms with Gasteiger partial charge in [-0.1, -0.05) is 30.8 Å². The molecule has 0 saturated heterocycles. The number of hydrogen-bond acceptors (Lipinski definition) is 7. The molecule has 0 fully saturated rings. The van der Waals surface area contributed by atoms with Gasteiger partial charge in [-0.3, -0.25) is 9.36 Å². The van der Waals surface area contributed by atoms with E-state index in [2.05, 4.69) is 20.3 Å². The summed E-state index contributed by atoms with van der Waals surface area (Å²) in [5, 5.41) is 21.3. The van der Waals surface area contributed by atoms with E-state index >= 15 is 0 Å². The lowest BCUT2D eigenvalue weighted by molar-refractivity contribution is -0.133. The Bertz CT molecular complexity index is 607. The molecule has 2 aromatic rings. The Morgan fingerprint density at radius 1 is 1.45 bits per heavy atom. The quantitative estimate of drug-likeness (QED) is 0.795. The highest BCUT2D eigenvalue weighted by Gasteiger charge is 2.18. The smallest absolute Gasteiger partial charge is 0.313 e. The summed E-state index contributed by atoms with van der Waals surface area (Å²) >= 11 is 1.12. The number of aryl methyl sites for hydroxylation is 1. The van der Waals surface area contributed by atoms with Gasteiger partial charge in [-0.2, -0.15) is 4.98 Å². The number of aliphatic carboxylic acids is 1. The van der Waals surface area contributed by atoms with Gasteiger partial charge in [-0.25, -0.2) is 0 Å². The van der Waals surface area contributed by atoms with E-state index < -0.39 is 5.97 Å². The summed E-state index contributed by atoms with van der Waals surface area (Å²) in [5.41, 5.74) is 0. The third-order valence-corrected chi connectivity index (χ3v) is 3.41. The molecule has 0 aromatic carbocycles. The minimum absolute atomic E-state index is 0.0680. The number of nitrogens with zero attached hydrogens (tertiary/aromatic N) is 5. The van der Waals surface area contributed by atoms with Crippen molar-refractivity contribution in [1.82, 2.24) is 24.9 Å². The summed E-state index contributed by atoms with van der Waals surface area (Å²) in [6.07, 6.45) is 0. The maximum atomic E-state index is 10.7. The summed E-state index contributed by atoms with van der Waals surface area (Å²) in [4.78, 5) is 14.8. The zero-order valence-corrected chi connectivity index (χ0v) is 12.2. The normalized spacial score (nSPS) is 11.2. The van der Waals surface area contributed by atoms with Gasteiger partial charge in [0.2, 0.25) is 5.89 Å². The van der Waals surface area contributed by atoms with Crippen molar-refractivity contribution in [1.29, 1.82) is 0 Å². The summed E-state index contributed by atoms with van der Waals surface area (Å²) < 4.78 is 6.76. The van der Waals surface area contributed by atoms with Gasteiger partial charge in [-0.15, -0.1) is 10.2 Å². The molecule has 0 aliphatic rings. The third kappa shape index (κ3) is 3.35. The summed E-state index contributed by atoms with van der Waals surface area (Å²) in [6, 6.07) is 0. The van der Waals surface area contributed by atoms with Crippen molar-refractivity contribution >= 4 is 17.7 Å². The van der Waals surface area contributed by atoms with Crippen molar-refractivity contribution in [2.24, 2.45) is 0 Å². The summed E-state index contributed by atoms with van der Waals surface area (Å²) in [6.45, 7) is 6.06. The number of aromatic nitrogens is 5. The van der Waals surface area contributed by atoms with Gasteiger partial charge in [0.25, 0.3) is 0 Å². The van der Waals surface area contributed by atoms with E-state index in [9.17, 15) is 4.79 Å².